The molecule has 1 atom stereocenters. The summed E-state index contributed by atoms with van der Waals surface area (Å²) >= 11 is 0. The average Bonchev–Trinajstić information content (AvgIpc) is 2.06. The third kappa shape index (κ3) is 3.23. The Bertz CT molecular complexity index is 155. The normalized spacial score (nSPS) is 20.1. The third-order valence-electron chi connectivity index (χ3n) is 3.40. The molecule has 3 heteroatoms. The van der Waals surface area contributed by atoms with E-state index in [0.717, 1.165) is 25.6 Å². The van der Waals surface area contributed by atoms with Crippen LogP contribution in [0.2, 0.25) is 0 Å². The Balaban J connectivity index is 2.27. The van der Waals surface area contributed by atoms with Gasteiger partial charge >= 0.3 is 0 Å². The van der Waals surface area contributed by atoms with E-state index in [9.17, 15) is 0 Å². The molecular weight excluding hydrogens is 174 g/mol. The summed E-state index contributed by atoms with van der Waals surface area (Å²) in [7, 11) is 6.45. The summed E-state index contributed by atoms with van der Waals surface area (Å²) in [6.07, 6.45) is 4.17. The standard InChI is InChI=1S/C11H25N3/c1-13(2)7-8-14(3)11(9-12)10-5-4-6-10/h10-11H,4-9,12H2,1-3H3. The fourth-order valence-electron chi connectivity index (χ4n) is 2.08. The lowest BCUT2D eigenvalue weighted by Crippen LogP contribution is -2.47. The van der Waals surface area contributed by atoms with Gasteiger partial charge in [-0.25, -0.2) is 0 Å². The molecule has 0 aromatic rings. The average molecular weight is 199 g/mol. The van der Waals surface area contributed by atoms with E-state index < -0.39 is 0 Å². The van der Waals surface area contributed by atoms with Crippen LogP contribution in [0.4, 0.5) is 0 Å². The van der Waals surface area contributed by atoms with Gasteiger partial charge in [0.1, 0.15) is 0 Å². The topological polar surface area (TPSA) is 32.5 Å². The second-order valence-electron chi connectivity index (χ2n) is 4.78. The first-order valence-corrected chi connectivity index (χ1v) is 5.70. The highest BCUT2D eigenvalue weighted by Gasteiger charge is 2.28. The van der Waals surface area contributed by atoms with Crippen molar-refractivity contribution in [1.82, 2.24) is 9.80 Å². The molecule has 0 spiro atoms. The highest BCUT2D eigenvalue weighted by atomic mass is 15.2. The highest BCUT2D eigenvalue weighted by molar-refractivity contribution is 4.84. The summed E-state index contributed by atoms with van der Waals surface area (Å²) in [6, 6.07) is 0.615. The maximum absolute atomic E-state index is 5.84. The fourth-order valence-corrected chi connectivity index (χ4v) is 2.08. The molecule has 2 N–H and O–H groups in total. The lowest BCUT2D eigenvalue weighted by molar-refractivity contribution is 0.117. The lowest BCUT2D eigenvalue weighted by Gasteiger charge is -2.39. The molecule has 0 amide bonds. The van der Waals surface area contributed by atoms with Gasteiger partial charge in [-0.05, 0) is 39.9 Å². The van der Waals surface area contributed by atoms with Crippen LogP contribution in [0.5, 0.6) is 0 Å². The van der Waals surface area contributed by atoms with Gasteiger partial charge in [0.25, 0.3) is 0 Å². The van der Waals surface area contributed by atoms with E-state index in [-0.39, 0.29) is 0 Å². The van der Waals surface area contributed by atoms with Gasteiger partial charge < -0.3 is 15.5 Å². The molecule has 1 fully saturated rings. The van der Waals surface area contributed by atoms with Gasteiger partial charge in [-0.1, -0.05) is 6.42 Å². The van der Waals surface area contributed by atoms with Gasteiger partial charge in [0.2, 0.25) is 0 Å². The summed E-state index contributed by atoms with van der Waals surface area (Å²) < 4.78 is 0. The molecule has 3 nitrogen and oxygen atoms in total. The van der Waals surface area contributed by atoms with Crippen LogP contribution in [0, 0.1) is 5.92 Å². The monoisotopic (exact) mass is 199 g/mol. The van der Waals surface area contributed by atoms with Crippen LogP contribution < -0.4 is 5.73 Å². The van der Waals surface area contributed by atoms with Crippen molar-refractivity contribution in [2.75, 3.05) is 40.8 Å². The van der Waals surface area contributed by atoms with E-state index in [1.54, 1.807) is 0 Å². The molecule has 1 unspecified atom stereocenters. The van der Waals surface area contributed by atoms with Crippen molar-refractivity contribution in [2.24, 2.45) is 11.7 Å². The SMILES string of the molecule is CN(C)CCN(C)C(CN)C1CCC1. The Labute approximate surface area is 88.2 Å². The van der Waals surface area contributed by atoms with Gasteiger partial charge in [-0.15, -0.1) is 0 Å². The maximum atomic E-state index is 5.84. The molecule has 14 heavy (non-hydrogen) atoms. The number of nitrogens with zero attached hydrogens (tertiary/aromatic N) is 2. The zero-order valence-corrected chi connectivity index (χ0v) is 9.87. The minimum absolute atomic E-state index is 0.615. The Morgan fingerprint density at radius 3 is 2.21 bits per heavy atom. The van der Waals surface area contributed by atoms with Crippen molar-refractivity contribution in [3.8, 4) is 0 Å². The summed E-state index contributed by atoms with van der Waals surface area (Å²) in [5.74, 6) is 0.868. The van der Waals surface area contributed by atoms with Crippen LogP contribution in [0.15, 0.2) is 0 Å². The second-order valence-corrected chi connectivity index (χ2v) is 4.78. The molecule has 0 saturated heterocycles. The molecule has 0 heterocycles. The second kappa shape index (κ2) is 5.69. The quantitative estimate of drug-likeness (QED) is 0.680. The van der Waals surface area contributed by atoms with Gasteiger partial charge in [-0.3, -0.25) is 0 Å². The van der Waals surface area contributed by atoms with Crippen molar-refractivity contribution >= 4 is 0 Å². The predicted molar refractivity (Wildman–Crippen MR) is 61.4 cm³/mol. The van der Waals surface area contributed by atoms with Gasteiger partial charge in [0, 0.05) is 25.7 Å². The molecule has 1 rings (SSSR count). The number of nitrogens with two attached hydrogens (primary N) is 1. The zero-order valence-electron chi connectivity index (χ0n) is 9.87. The van der Waals surface area contributed by atoms with Crippen molar-refractivity contribution in [3.05, 3.63) is 0 Å². The molecule has 0 aromatic carbocycles. The lowest BCUT2D eigenvalue weighted by atomic mass is 9.79. The number of rotatable bonds is 6. The van der Waals surface area contributed by atoms with E-state index in [1.165, 1.54) is 19.3 Å². The minimum atomic E-state index is 0.615. The van der Waals surface area contributed by atoms with E-state index in [2.05, 4.69) is 30.9 Å². The van der Waals surface area contributed by atoms with Gasteiger partial charge in [-0.2, -0.15) is 0 Å². The molecule has 0 aromatic heterocycles. The highest BCUT2D eigenvalue weighted by Crippen LogP contribution is 2.31. The van der Waals surface area contributed by atoms with Crippen molar-refractivity contribution < 1.29 is 0 Å². The van der Waals surface area contributed by atoms with E-state index in [4.69, 9.17) is 5.73 Å². The first-order valence-electron chi connectivity index (χ1n) is 5.70. The molecular formula is C11H25N3. The Hall–Kier alpha value is -0.120. The molecule has 1 saturated carbocycles. The number of hydrogen-bond donors (Lipinski definition) is 1. The van der Waals surface area contributed by atoms with Crippen LogP contribution in [0.1, 0.15) is 19.3 Å². The van der Waals surface area contributed by atoms with E-state index in [1.807, 2.05) is 0 Å². The van der Waals surface area contributed by atoms with Crippen LogP contribution in [-0.4, -0.2) is 56.6 Å². The first kappa shape index (κ1) is 12.0. The zero-order chi connectivity index (χ0) is 10.6. The first-order chi connectivity index (χ1) is 6.65. The third-order valence-corrected chi connectivity index (χ3v) is 3.40. The summed E-state index contributed by atoms with van der Waals surface area (Å²) in [5.41, 5.74) is 5.84. The Morgan fingerprint density at radius 1 is 1.21 bits per heavy atom. The molecule has 1 aliphatic rings. The fraction of sp³-hybridized carbons (Fsp3) is 1.00. The molecule has 84 valence electrons. The Kier molecular flexibility index (Phi) is 4.85. The van der Waals surface area contributed by atoms with Crippen molar-refractivity contribution in [1.29, 1.82) is 0 Å². The van der Waals surface area contributed by atoms with Gasteiger partial charge in [0.15, 0.2) is 0 Å². The van der Waals surface area contributed by atoms with Crippen LogP contribution in [0.3, 0.4) is 0 Å². The molecule has 1 aliphatic carbocycles. The van der Waals surface area contributed by atoms with E-state index >= 15 is 0 Å². The Morgan fingerprint density at radius 2 is 1.86 bits per heavy atom. The summed E-state index contributed by atoms with van der Waals surface area (Å²) in [4.78, 5) is 4.66. The summed E-state index contributed by atoms with van der Waals surface area (Å²) in [5, 5.41) is 0. The minimum Gasteiger partial charge on any atom is -0.329 e. The predicted octanol–water partition coefficient (Wildman–Crippen LogP) is 0.607. The van der Waals surface area contributed by atoms with Crippen molar-refractivity contribution in [3.63, 3.8) is 0 Å². The smallest absolute Gasteiger partial charge is 0.0244 e. The molecule has 0 aliphatic heterocycles. The van der Waals surface area contributed by atoms with Crippen LogP contribution in [-0.2, 0) is 0 Å². The number of likely N-dealkylation sites (N-methyl/N-ethyl adjacent to an activating group) is 2. The van der Waals surface area contributed by atoms with Crippen LogP contribution >= 0.6 is 0 Å². The van der Waals surface area contributed by atoms with E-state index in [0.29, 0.717) is 6.04 Å². The van der Waals surface area contributed by atoms with Crippen molar-refractivity contribution in [2.45, 2.75) is 25.3 Å². The summed E-state index contributed by atoms with van der Waals surface area (Å²) in [6.45, 7) is 3.07. The largest absolute Gasteiger partial charge is 0.329 e. The molecule has 0 radical (unpaired) electrons. The van der Waals surface area contributed by atoms with Gasteiger partial charge in [0.05, 0.1) is 0 Å². The van der Waals surface area contributed by atoms with Crippen LogP contribution in [0.25, 0.3) is 0 Å². The number of hydrogen-bond acceptors (Lipinski definition) is 3. The molecule has 0 bridgehead atoms. The maximum Gasteiger partial charge on any atom is 0.0244 e.